The number of aromatic amines is 1. The zero-order valence-electron chi connectivity index (χ0n) is 13.6. The maximum atomic E-state index is 11.1. The molecule has 124 valence electrons. The number of aliphatic imine (C=N–C) groups is 1. The fraction of sp³-hybridized carbons (Fsp3) is 0.667. The van der Waals surface area contributed by atoms with Gasteiger partial charge in [-0.05, 0) is 13.0 Å². The Morgan fingerprint density at radius 2 is 2.27 bits per heavy atom. The molecular formula is C15H28N6O. The molecule has 0 radical (unpaired) electrons. The number of H-pyrrole nitrogens is 1. The number of anilines is 1. The third-order valence-electron chi connectivity index (χ3n) is 3.05. The molecule has 7 heteroatoms. The maximum absolute atomic E-state index is 11.1. The van der Waals surface area contributed by atoms with E-state index >= 15 is 0 Å². The fourth-order valence-electron chi connectivity index (χ4n) is 1.86. The third-order valence-corrected chi connectivity index (χ3v) is 3.05. The SMILES string of the molecule is CCCCC(=O)Nc1ncc[nH]1.CCNCCC1=NCCN1. The molecule has 1 aliphatic rings. The topological polar surface area (TPSA) is 94.2 Å². The molecule has 0 fully saturated rings. The number of hydrogen-bond donors (Lipinski definition) is 4. The number of amidine groups is 1. The molecule has 7 nitrogen and oxygen atoms in total. The van der Waals surface area contributed by atoms with Gasteiger partial charge < -0.3 is 15.6 Å². The summed E-state index contributed by atoms with van der Waals surface area (Å²) >= 11 is 0. The number of imidazole rings is 1. The Bertz CT molecular complexity index is 429. The highest BCUT2D eigenvalue weighted by molar-refractivity contribution is 5.88. The molecule has 1 aliphatic heterocycles. The molecule has 0 saturated heterocycles. The number of amides is 1. The first-order valence-corrected chi connectivity index (χ1v) is 8.03. The van der Waals surface area contributed by atoms with Crippen molar-refractivity contribution in [1.29, 1.82) is 0 Å². The second kappa shape index (κ2) is 11.7. The monoisotopic (exact) mass is 308 g/mol. The van der Waals surface area contributed by atoms with E-state index in [9.17, 15) is 4.79 Å². The lowest BCUT2D eigenvalue weighted by Gasteiger charge is -2.01. The van der Waals surface area contributed by atoms with Crippen LogP contribution in [0.4, 0.5) is 5.95 Å². The van der Waals surface area contributed by atoms with E-state index in [1.165, 1.54) is 5.84 Å². The second-order valence-electron chi connectivity index (χ2n) is 4.95. The van der Waals surface area contributed by atoms with Gasteiger partial charge in [0, 0.05) is 38.3 Å². The number of aromatic nitrogens is 2. The van der Waals surface area contributed by atoms with Gasteiger partial charge >= 0.3 is 0 Å². The normalized spacial score (nSPS) is 12.9. The number of carbonyl (C=O) groups excluding carboxylic acids is 1. The molecule has 0 aromatic carbocycles. The first-order chi connectivity index (χ1) is 10.8. The predicted molar refractivity (Wildman–Crippen MR) is 90.2 cm³/mol. The van der Waals surface area contributed by atoms with Gasteiger partial charge in [0.25, 0.3) is 0 Å². The van der Waals surface area contributed by atoms with E-state index in [1.54, 1.807) is 12.4 Å². The summed E-state index contributed by atoms with van der Waals surface area (Å²) in [6, 6.07) is 0. The summed E-state index contributed by atoms with van der Waals surface area (Å²) in [5, 5.41) is 9.13. The molecule has 4 N–H and O–H groups in total. The van der Waals surface area contributed by atoms with Crippen molar-refractivity contribution < 1.29 is 4.79 Å². The van der Waals surface area contributed by atoms with Gasteiger partial charge in [0.2, 0.25) is 11.9 Å². The van der Waals surface area contributed by atoms with Gasteiger partial charge in [-0.3, -0.25) is 15.1 Å². The molecule has 0 unspecified atom stereocenters. The molecule has 2 heterocycles. The zero-order chi connectivity index (χ0) is 16.0. The van der Waals surface area contributed by atoms with Crippen LogP contribution in [0.5, 0.6) is 0 Å². The Morgan fingerprint density at radius 3 is 2.86 bits per heavy atom. The number of nitrogens with zero attached hydrogens (tertiary/aromatic N) is 2. The van der Waals surface area contributed by atoms with Crippen molar-refractivity contribution in [1.82, 2.24) is 20.6 Å². The smallest absolute Gasteiger partial charge is 0.226 e. The van der Waals surface area contributed by atoms with Crippen molar-refractivity contribution >= 4 is 17.7 Å². The van der Waals surface area contributed by atoms with Crippen LogP contribution in [0.1, 0.15) is 39.5 Å². The van der Waals surface area contributed by atoms with E-state index in [2.05, 4.69) is 44.8 Å². The molecule has 1 amide bonds. The summed E-state index contributed by atoms with van der Waals surface area (Å²) in [5.41, 5.74) is 0. The molecule has 0 saturated carbocycles. The Morgan fingerprint density at radius 1 is 1.41 bits per heavy atom. The van der Waals surface area contributed by atoms with E-state index in [0.29, 0.717) is 12.4 Å². The van der Waals surface area contributed by atoms with E-state index < -0.39 is 0 Å². The van der Waals surface area contributed by atoms with Gasteiger partial charge in [0.15, 0.2) is 0 Å². The van der Waals surface area contributed by atoms with Crippen LogP contribution in [0.2, 0.25) is 0 Å². The van der Waals surface area contributed by atoms with Gasteiger partial charge in [0.05, 0.1) is 12.4 Å². The number of nitrogens with one attached hydrogen (secondary N) is 4. The first-order valence-electron chi connectivity index (χ1n) is 8.03. The van der Waals surface area contributed by atoms with E-state index in [0.717, 1.165) is 45.4 Å². The summed E-state index contributed by atoms with van der Waals surface area (Å²) in [4.78, 5) is 22.0. The molecule has 2 rings (SSSR count). The first kappa shape index (κ1) is 18.2. The molecule has 22 heavy (non-hydrogen) atoms. The molecule has 0 spiro atoms. The van der Waals surface area contributed by atoms with Crippen molar-refractivity contribution in [3.05, 3.63) is 12.4 Å². The van der Waals surface area contributed by atoms with Crippen LogP contribution in [0.15, 0.2) is 17.4 Å². The van der Waals surface area contributed by atoms with Gasteiger partial charge in [0.1, 0.15) is 0 Å². The summed E-state index contributed by atoms with van der Waals surface area (Å²) in [6.45, 7) is 8.25. The quantitative estimate of drug-likeness (QED) is 0.548. The second-order valence-corrected chi connectivity index (χ2v) is 4.95. The number of carbonyl (C=O) groups is 1. The Balaban J connectivity index is 0.000000224. The summed E-state index contributed by atoms with van der Waals surface area (Å²) in [6.07, 6.45) is 6.86. The minimum atomic E-state index is 0.0202. The van der Waals surface area contributed by atoms with E-state index in [4.69, 9.17) is 0 Å². The van der Waals surface area contributed by atoms with Crippen LogP contribution in [0.3, 0.4) is 0 Å². The Kier molecular flexibility index (Phi) is 9.69. The average molecular weight is 308 g/mol. The van der Waals surface area contributed by atoms with Crippen molar-refractivity contribution in [2.45, 2.75) is 39.5 Å². The van der Waals surface area contributed by atoms with E-state index in [1.807, 2.05) is 0 Å². The molecule has 1 aromatic heterocycles. The highest BCUT2D eigenvalue weighted by Crippen LogP contribution is 1.99. The van der Waals surface area contributed by atoms with Crippen LogP contribution in [0, 0.1) is 0 Å². The third kappa shape index (κ3) is 8.41. The van der Waals surface area contributed by atoms with Gasteiger partial charge in [-0.2, -0.15) is 0 Å². The van der Waals surface area contributed by atoms with E-state index in [-0.39, 0.29) is 5.91 Å². The molecule has 0 bridgehead atoms. The van der Waals surface area contributed by atoms with Crippen LogP contribution in [-0.2, 0) is 4.79 Å². The molecule has 0 aliphatic carbocycles. The lowest BCUT2D eigenvalue weighted by molar-refractivity contribution is -0.116. The Hall–Kier alpha value is -1.89. The number of hydrogen-bond acceptors (Lipinski definition) is 5. The van der Waals surface area contributed by atoms with Gasteiger partial charge in [-0.15, -0.1) is 0 Å². The maximum Gasteiger partial charge on any atom is 0.226 e. The van der Waals surface area contributed by atoms with Gasteiger partial charge in [-0.25, -0.2) is 4.98 Å². The van der Waals surface area contributed by atoms with Crippen molar-refractivity contribution in [2.24, 2.45) is 4.99 Å². The minimum absolute atomic E-state index is 0.0202. The standard InChI is InChI=1S/C8H13N3O.C7H15N3/c1-2-3-4-7(12)11-8-9-5-6-10-8;1-2-8-4-3-7-9-5-6-10-7/h5-6H,2-4H2,1H3,(H2,9,10,11,12);8H,2-6H2,1H3,(H,9,10). The molecule has 1 aromatic rings. The van der Waals surface area contributed by atoms with Crippen LogP contribution < -0.4 is 16.0 Å². The number of rotatable bonds is 8. The summed E-state index contributed by atoms with van der Waals surface area (Å²) in [7, 11) is 0. The highest BCUT2D eigenvalue weighted by atomic mass is 16.1. The molecular weight excluding hydrogens is 280 g/mol. The largest absolute Gasteiger partial charge is 0.372 e. The van der Waals surface area contributed by atoms with Crippen molar-refractivity contribution in [2.75, 3.05) is 31.5 Å². The lowest BCUT2D eigenvalue weighted by Crippen LogP contribution is -2.24. The lowest BCUT2D eigenvalue weighted by atomic mass is 10.2. The zero-order valence-corrected chi connectivity index (χ0v) is 13.6. The average Bonchev–Trinajstić information content (AvgIpc) is 3.20. The fourth-order valence-corrected chi connectivity index (χ4v) is 1.86. The predicted octanol–water partition coefficient (Wildman–Crippen LogP) is 1.53. The van der Waals surface area contributed by atoms with Gasteiger partial charge in [-0.1, -0.05) is 20.3 Å². The highest BCUT2D eigenvalue weighted by Gasteiger charge is 2.02. The minimum Gasteiger partial charge on any atom is -0.372 e. The summed E-state index contributed by atoms with van der Waals surface area (Å²) < 4.78 is 0. The molecule has 0 atom stereocenters. The van der Waals surface area contributed by atoms with Crippen molar-refractivity contribution in [3.63, 3.8) is 0 Å². The van der Waals surface area contributed by atoms with Crippen molar-refractivity contribution in [3.8, 4) is 0 Å². The van der Waals surface area contributed by atoms with Crippen LogP contribution >= 0.6 is 0 Å². The number of unbranched alkanes of at least 4 members (excludes halogenated alkanes) is 1. The van der Waals surface area contributed by atoms with Crippen LogP contribution in [-0.4, -0.2) is 47.9 Å². The van der Waals surface area contributed by atoms with Crippen LogP contribution in [0.25, 0.3) is 0 Å². The summed E-state index contributed by atoms with van der Waals surface area (Å²) in [5.74, 6) is 1.71. The Labute approximate surface area is 132 Å².